The maximum Gasteiger partial charge on any atom is 0.384 e. The highest BCUT2D eigenvalue weighted by Gasteiger charge is 2.49. The van der Waals surface area contributed by atoms with Gasteiger partial charge in [-0.05, 0) is 46.5 Å². The fourth-order valence-electron chi connectivity index (χ4n) is 3.61. The minimum atomic E-state index is -3.98. The van der Waals surface area contributed by atoms with Gasteiger partial charge in [0.25, 0.3) is 5.91 Å². The quantitative estimate of drug-likeness (QED) is 0.595. The Balaban J connectivity index is 1.89. The van der Waals surface area contributed by atoms with Crippen LogP contribution in [0.15, 0.2) is 78.0 Å². The molecule has 3 aromatic rings. The van der Waals surface area contributed by atoms with Crippen molar-refractivity contribution in [3.05, 3.63) is 84.2 Å². The molecule has 0 saturated heterocycles. The van der Waals surface area contributed by atoms with Crippen molar-refractivity contribution >= 4 is 22.2 Å². The van der Waals surface area contributed by atoms with Crippen LogP contribution in [0.4, 0.5) is 0 Å². The molecule has 170 valence electrons. The molecule has 0 fully saturated rings. The largest absolute Gasteiger partial charge is 0.384 e. The normalized spacial score (nSPS) is 18.5. The molecular weight excluding hydrogens is 442 g/mol. The van der Waals surface area contributed by atoms with E-state index in [9.17, 15) is 13.2 Å². The van der Waals surface area contributed by atoms with Crippen molar-refractivity contribution in [3.63, 3.8) is 0 Å². The van der Waals surface area contributed by atoms with Gasteiger partial charge in [0.1, 0.15) is 5.75 Å². The maximum atomic E-state index is 13.5. The first-order valence-electron chi connectivity index (χ1n) is 10.0. The Hall–Kier alpha value is -3.76. The Morgan fingerprint density at radius 2 is 1.67 bits per heavy atom. The lowest BCUT2D eigenvalue weighted by molar-refractivity contribution is -0.129. The van der Waals surface area contributed by atoms with Gasteiger partial charge < -0.3 is 9.92 Å². The van der Waals surface area contributed by atoms with E-state index in [0.29, 0.717) is 11.1 Å². The van der Waals surface area contributed by atoms with Crippen LogP contribution in [0.3, 0.4) is 0 Å². The van der Waals surface area contributed by atoms with Crippen LogP contribution >= 0.6 is 0 Å². The molecule has 1 aromatic heterocycles. The Morgan fingerprint density at radius 1 is 1.00 bits per heavy atom. The van der Waals surface area contributed by atoms with Gasteiger partial charge in [0.15, 0.2) is 11.5 Å². The lowest BCUT2D eigenvalue weighted by Gasteiger charge is -2.27. The number of likely N-dealkylation sites (N-methyl/N-ethyl adjacent to an activating group) is 1. The van der Waals surface area contributed by atoms with Gasteiger partial charge in [-0.2, -0.15) is 12.7 Å². The van der Waals surface area contributed by atoms with E-state index in [1.54, 1.807) is 37.6 Å². The standard InChI is InChI=1S/C23H23N5O4S/c1-27(2)33(30,31)32-20-11-5-10-19(14-20)23(21(29)28(3)22(24)26-23)18-9-4-7-16(13-18)17-8-6-12-25-15-17/h4-15H,1-3H3,(H2,24,26). The highest BCUT2D eigenvalue weighted by molar-refractivity contribution is 7.84. The summed E-state index contributed by atoms with van der Waals surface area (Å²) in [6.07, 6.45) is 3.41. The van der Waals surface area contributed by atoms with Crippen molar-refractivity contribution in [2.24, 2.45) is 10.7 Å². The molecule has 33 heavy (non-hydrogen) atoms. The molecule has 0 bridgehead atoms. The molecule has 1 aliphatic rings. The van der Waals surface area contributed by atoms with E-state index in [-0.39, 0.29) is 17.6 Å². The van der Waals surface area contributed by atoms with E-state index >= 15 is 0 Å². The van der Waals surface area contributed by atoms with Crippen molar-refractivity contribution in [1.29, 1.82) is 0 Å². The van der Waals surface area contributed by atoms with Gasteiger partial charge in [-0.15, -0.1) is 0 Å². The van der Waals surface area contributed by atoms with E-state index in [1.165, 1.54) is 31.1 Å². The van der Waals surface area contributed by atoms with Crippen LogP contribution in [0.2, 0.25) is 0 Å². The predicted octanol–water partition coefficient (Wildman–Crippen LogP) is 1.96. The lowest BCUT2D eigenvalue weighted by Crippen LogP contribution is -2.41. The maximum absolute atomic E-state index is 13.5. The topological polar surface area (TPSA) is 118 Å². The molecule has 2 N–H and O–H groups in total. The van der Waals surface area contributed by atoms with Gasteiger partial charge in [0.05, 0.1) is 0 Å². The van der Waals surface area contributed by atoms with Crippen LogP contribution in [0.25, 0.3) is 11.1 Å². The summed E-state index contributed by atoms with van der Waals surface area (Å²) in [5.74, 6) is -0.255. The first-order chi connectivity index (χ1) is 15.6. The summed E-state index contributed by atoms with van der Waals surface area (Å²) in [5, 5.41) is 0. The molecule has 2 aromatic carbocycles. The van der Waals surface area contributed by atoms with Gasteiger partial charge in [0.2, 0.25) is 0 Å². The number of aliphatic imine (C=N–C) groups is 1. The van der Waals surface area contributed by atoms with Crippen LogP contribution in [0.1, 0.15) is 11.1 Å². The minimum Gasteiger partial charge on any atom is -0.371 e. The van der Waals surface area contributed by atoms with E-state index in [4.69, 9.17) is 9.92 Å². The van der Waals surface area contributed by atoms with Gasteiger partial charge >= 0.3 is 10.3 Å². The Kier molecular flexibility index (Phi) is 5.64. The smallest absolute Gasteiger partial charge is 0.371 e. The first-order valence-corrected chi connectivity index (χ1v) is 11.4. The van der Waals surface area contributed by atoms with E-state index in [1.807, 2.05) is 30.3 Å². The molecular formula is C23H23N5O4S. The summed E-state index contributed by atoms with van der Waals surface area (Å²) in [4.78, 5) is 23.6. The summed E-state index contributed by atoms with van der Waals surface area (Å²) in [7, 11) is 0.295. The third kappa shape index (κ3) is 3.94. The van der Waals surface area contributed by atoms with Crippen LogP contribution in [-0.4, -0.2) is 55.6 Å². The molecule has 1 atom stereocenters. The fourth-order valence-corrected chi connectivity index (χ4v) is 4.11. The van der Waals surface area contributed by atoms with Crippen LogP contribution < -0.4 is 9.92 Å². The van der Waals surface area contributed by atoms with Gasteiger partial charge in [0, 0.05) is 33.5 Å². The lowest BCUT2D eigenvalue weighted by atomic mass is 9.81. The Labute approximate surface area is 192 Å². The predicted molar refractivity (Wildman–Crippen MR) is 125 cm³/mol. The average molecular weight is 466 g/mol. The van der Waals surface area contributed by atoms with Gasteiger partial charge in [-0.1, -0.05) is 36.4 Å². The molecule has 1 unspecified atom stereocenters. The number of aromatic nitrogens is 1. The minimum absolute atomic E-state index is 0.0546. The second-order valence-electron chi connectivity index (χ2n) is 7.72. The fraction of sp³-hybridized carbons (Fsp3) is 0.174. The Morgan fingerprint density at radius 3 is 2.27 bits per heavy atom. The van der Waals surface area contributed by atoms with Crippen molar-refractivity contribution < 1.29 is 17.4 Å². The first kappa shape index (κ1) is 22.4. The number of hydrogen-bond acceptors (Lipinski definition) is 7. The average Bonchev–Trinajstić information content (AvgIpc) is 3.04. The van der Waals surface area contributed by atoms with Gasteiger partial charge in [-0.3, -0.25) is 14.7 Å². The van der Waals surface area contributed by atoms with Crippen LogP contribution in [-0.2, 0) is 20.6 Å². The Bertz CT molecular complexity index is 1340. The molecule has 4 rings (SSSR count). The highest BCUT2D eigenvalue weighted by Crippen LogP contribution is 2.41. The molecule has 1 aliphatic heterocycles. The third-order valence-corrected chi connectivity index (χ3v) is 6.71. The number of nitrogens with two attached hydrogens (primary N) is 1. The van der Waals surface area contributed by atoms with Crippen LogP contribution in [0.5, 0.6) is 5.75 Å². The highest BCUT2D eigenvalue weighted by atomic mass is 32.2. The molecule has 0 aliphatic carbocycles. The molecule has 10 heteroatoms. The zero-order valence-electron chi connectivity index (χ0n) is 18.3. The van der Waals surface area contributed by atoms with E-state index < -0.39 is 15.8 Å². The number of rotatable bonds is 6. The molecule has 9 nitrogen and oxygen atoms in total. The number of pyridine rings is 1. The monoisotopic (exact) mass is 465 g/mol. The van der Waals surface area contributed by atoms with Gasteiger partial charge in [-0.25, -0.2) is 4.99 Å². The SMILES string of the molecule is CN1C(=O)C(c2cccc(OS(=O)(=O)N(C)C)c2)(c2cccc(-c3cccnc3)c2)N=C1N. The summed E-state index contributed by atoms with van der Waals surface area (Å²) >= 11 is 0. The second kappa shape index (κ2) is 8.30. The van der Waals surface area contributed by atoms with Crippen LogP contribution in [0, 0.1) is 0 Å². The number of benzene rings is 2. The van der Waals surface area contributed by atoms with Crippen molar-refractivity contribution in [1.82, 2.24) is 14.2 Å². The molecule has 0 spiro atoms. The zero-order chi connectivity index (χ0) is 23.8. The van der Waals surface area contributed by atoms with Crippen molar-refractivity contribution in [3.8, 4) is 16.9 Å². The van der Waals surface area contributed by atoms with E-state index in [0.717, 1.165) is 15.4 Å². The molecule has 2 heterocycles. The molecule has 1 amide bonds. The second-order valence-corrected chi connectivity index (χ2v) is 9.47. The van der Waals surface area contributed by atoms with Crippen molar-refractivity contribution in [2.45, 2.75) is 5.54 Å². The zero-order valence-corrected chi connectivity index (χ0v) is 19.2. The third-order valence-electron chi connectivity index (χ3n) is 5.42. The number of nitrogens with zero attached hydrogens (tertiary/aromatic N) is 4. The summed E-state index contributed by atoms with van der Waals surface area (Å²) in [6.45, 7) is 0. The molecule has 0 radical (unpaired) electrons. The molecule has 0 saturated carbocycles. The summed E-state index contributed by atoms with van der Waals surface area (Å²) in [5.41, 5.74) is 7.28. The number of carbonyl (C=O) groups excluding carboxylic acids is 1. The summed E-state index contributed by atoms with van der Waals surface area (Å²) < 4.78 is 30.6. The number of carbonyl (C=O) groups is 1. The van der Waals surface area contributed by atoms with E-state index in [2.05, 4.69) is 9.98 Å². The summed E-state index contributed by atoms with van der Waals surface area (Å²) in [6, 6.07) is 17.4. The number of hydrogen-bond donors (Lipinski definition) is 1. The van der Waals surface area contributed by atoms with Crippen molar-refractivity contribution in [2.75, 3.05) is 21.1 Å². The number of amides is 1. The number of guanidine groups is 1.